The fraction of sp³-hybridized carbons (Fsp3) is 0.179. The van der Waals surface area contributed by atoms with E-state index in [0.29, 0.717) is 33.4 Å². The Morgan fingerprint density at radius 1 is 0.944 bits per heavy atom. The van der Waals surface area contributed by atoms with Crippen LogP contribution in [0.2, 0.25) is 5.02 Å². The monoisotopic (exact) mass is 504 g/mol. The number of anilines is 1. The third-order valence-electron chi connectivity index (χ3n) is 5.71. The fourth-order valence-electron chi connectivity index (χ4n) is 3.61. The Balaban J connectivity index is 1.65. The Labute approximate surface area is 213 Å². The molecular weight excluding hydrogens is 479 g/mol. The molecule has 0 aliphatic carbocycles. The van der Waals surface area contributed by atoms with E-state index in [-0.39, 0.29) is 29.6 Å². The van der Waals surface area contributed by atoms with Crippen LogP contribution >= 0.6 is 11.6 Å². The molecule has 0 fully saturated rings. The summed E-state index contributed by atoms with van der Waals surface area (Å²) in [6.07, 6.45) is 1.68. The van der Waals surface area contributed by atoms with E-state index >= 15 is 0 Å². The number of nitrogens with zero attached hydrogens (tertiary/aromatic N) is 1. The quantitative estimate of drug-likeness (QED) is 0.264. The summed E-state index contributed by atoms with van der Waals surface area (Å²) in [7, 11) is 0. The molecule has 4 rings (SSSR count). The van der Waals surface area contributed by atoms with Crippen molar-refractivity contribution in [1.82, 2.24) is 15.3 Å². The highest BCUT2D eigenvalue weighted by Gasteiger charge is 2.17. The number of halogens is 2. The van der Waals surface area contributed by atoms with Crippen LogP contribution in [0.4, 0.5) is 10.1 Å². The van der Waals surface area contributed by atoms with Crippen LogP contribution in [0.3, 0.4) is 0 Å². The standard InChI is InChI=1S/C28H26ClFN4O2/c1-16(2)27(35)33-24-13-20(25-15-31-26(34-25)19-4-8-22(29)9-5-19)12-21(14-24)28(36)32-17(3)18-6-10-23(30)11-7-18/h4-17H,1-3H3,(H,31,34)(H,32,36)(H,33,35)/t17-/m1/s1. The van der Waals surface area contributed by atoms with E-state index in [1.165, 1.54) is 12.1 Å². The van der Waals surface area contributed by atoms with E-state index in [1.807, 2.05) is 19.1 Å². The molecule has 0 saturated heterocycles. The highest BCUT2D eigenvalue weighted by molar-refractivity contribution is 6.30. The number of carbonyl (C=O) groups excluding carboxylic acids is 2. The number of imidazole rings is 1. The Hall–Kier alpha value is -3.97. The molecule has 36 heavy (non-hydrogen) atoms. The minimum absolute atomic E-state index is 0.162. The van der Waals surface area contributed by atoms with Crippen LogP contribution in [0.1, 0.15) is 42.7 Å². The molecule has 1 aromatic heterocycles. The maximum Gasteiger partial charge on any atom is 0.251 e. The van der Waals surface area contributed by atoms with Gasteiger partial charge in [-0.2, -0.15) is 0 Å². The largest absolute Gasteiger partial charge is 0.346 e. The molecule has 3 N–H and O–H groups in total. The number of rotatable bonds is 7. The Kier molecular flexibility index (Phi) is 7.50. The van der Waals surface area contributed by atoms with E-state index in [0.717, 1.165) is 11.1 Å². The topological polar surface area (TPSA) is 86.9 Å². The number of benzene rings is 3. The molecular formula is C28H26ClFN4O2. The Morgan fingerprint density at radius 2 is 1.64 bits per heavy atom. The number of H-pyrrole nitrogens is 1. The van der Waals surface area contributed by atoms with E-state index in [9.17, 15) is 14.0 Å². The molecule has 0 aliphatic heterocycles. The van der Waals surface area contributed by atoms with Crippen LogP contribution in [0.25, 0.3) is 22.6 Å². The molecule has 0 bridgehead atoms. The fourth-order valence-corrected chi connectivity index (χ4v) is 3.74. The molecule has 3 aromatic carbocycles. The summed E-state index contributed by atoms with van der Waals surface area (Å²) in [5, 5.41) is 6.44. The van der Waals surface area contributed by atoms with Crippen molar-refractivity contribution in [2.24, 2.45) is 5.92 Å². The number of aromatic amines is 1. The third kappa shape index (κ3) is 5.98. The van der Waals surface area contributed by atoms with Crippen molar-refractivity contribution >= 4 is 29.1 Å². The normalized spacial score (nSPS) is 11.8. The average Bonchev–Trinajstić information content (AvgIpc) is 3.35. The van der Waals surface area contributed by atoms with Gasteiger partial charge in [-0.05, 0) is 67.1 Å². The first kappa shape index (κ1) is 25.1. The highest BCUT2D eigenvalue weighted by atomic mass is 35.5. The lowest BCUT2D eigenvalue weighted by Crippen LogP contribution is -2.27. The van der Waals surface area contributed by atoms with E-state index < -0.39 is 0 Å². The van der Waals surface area contributed by atoms with Crippen LogP contribution in [-0.4, -0.2) is 21.8 Å². The second kappa shape index (κ2) is 10.7. The van der Waals surface area contributed by atoms with Gasteiger partial charge >= 0.3 is 0 Å². The first-order valence-corrected chi connectivity index (χ1v) is 11.9. The second-order valence-corrected chi connectivity index (χ2v) is 9.28. The molecule has 6 nitrogen and oxygen atoms in total. The summed E-state index contributed by atoms with van der Waals surface area (Å²) >= 11 is 5.99. The van der Waals surface area contributed by atoms with Gasteiger partial charge in [0.1, 0.15) is 11.6 Å². The number of aromatic nitrogens is 2. The van der Waals surface area contributed by atoms with Gasteiger partial charge in [-0.1, -0.05) is 37.6 Å². The van der Waals surface area contributed by atoms with Crippen molar-refractivity contribution < 1.29 is 14.0 Å². The molecule has 0 saturated carbocycles. The van der Waals surface area contributed by atoms with Crippen LogP contribution in [0.5, 0.6) is 0 Å². The Morgan fingerprint density at radius 3 is 2.31 bits per heavy atom. The summed E-state index contributed by atoms with van der Waals surface area (Å²) in [4.78, 5) is 33.3. The lowest BCUT2D eigenvalue weighted by molar-refractivity contribution is -0.118. The van der Waals surface area contributed by atoms with E-state index in [1.54, 1.807) is 62.5 Å². The van der Waals surface area contributed by atoms with Crippen LogP contribution in [0.15, 0.2) is 72.9 Å². The number of carbonyl (C=O) groups is 2. The van der Waals surface area contributed by atoms with Crippen LogP contribution in [-0.2, 0) is 4.79 Å². The van der Waals surface area contributed by atoms with Gasteiger partial charge in [0.15, 0.2) is 0 Å². The molecule has 1 atom stereocenters. The number of hydrogen-bond donors (Lipinski definition) is 3. The van der Waals surface area contributed by atoms with Gasteiger partial charge in [0.25, 0.3) is 5.91 Å². The van der Waals surface area contributed by atoms with Crippen molar-refractivity contribution in [2.75, 3.05) is 5.32 Å². The molecule has 4 aromatic rings. The van der Waals surface area contributed by atoms with Gasteiger partial charge in [-0.15, -0.1) is 0 Å². The van der Waals surface area contributed by atoms with Gasteiger partial charge in [0, 0.05) is 33.3 Å². The zero-order valence-corrected chi connectivity index (χ0v) is 20.9. The number of amides is 2. The summed E-state index contributed by atoms with van der Waals surface area (Å²) in [5.41, 5.74) is 3.86. The minimum Gasteiger partial charge on any atom is -0.346 e. The van der Waals surface area contributed by atoms with Crippen molar-refractivity contribution in [1.29, 1.82) is 0 Å². The zero-order valence-electron chi connectivity index (χ0n) is 20.1. The van der Waals surface area contributed by atoms with Crippen molar-refractivity contribution in [3.05, 3.63) is 94.9 Å². The lowest BCUT2D eigenvalue weighted by atomic mass is 10.0. The van der Waals surface area contributed by atoms with E-state index in [2.05, 4.69) is 20.6 Å². The molecule has 0 aliphatic rings. The molecule has 2 amide bonds. The predicted octanol–water partition coefficient (Wildman–Crippen LogP) is 6.62. The van der Waals surface area contributed by atoms with Crippen molar-refractivity contribution in [3.63, 3.8) is 0 Å². The smallest absolute Gasteiger partial charge is 0.251 e. The highest BCUT2D eigenvalue weighted by Crippen LogP contribution is 2.27. The second-order valence-electron chi connectivity index (χ2n) is 8.84. The number of hydrogen-bond acceptors (Lipinski definition) is 3. The van der Waals surface area contributed by atoms with Gasteiger partial charge in [-0.3, -0.25) is 9.59 Å². The molecule has 0 spiro atoms. The maximum absolute atomic E-state index is 13.3. The number of nitrogens with one attached hydrogen (secondary N) is 3. The summed E-state index contributed by atoms with van der Waals surface area (Å²) < 4.78 is 13.3. The minimum atomic E-state index is -0.348. The van der Waals surface area contributed by atoms with Crippen molar-refractivity contribution in [3.8, 4) is 22.6 Å². The Bertz CT molecular complexity index is 1380. The molecule has 0 radical (unpaired) electrons. The third-order valence-corrected chi connectivity index (χ3v) is 5.96. The molecule has 0 unspecified atom stereocenters. The maximum atomic E-state index is 13.3. The first-order chi connectivity index (χ1) is 17.2. The lowest BCUT2D eigenvalue weighted by Gasteiger charge is -2.16. The summed E-state index contributed by atoms with van der Waals surface area (Å²) in [6.45, 7) is 5.42. The van der Waals surface area contributed by atoms with Crippen molar-refractivity contribution in [2.45, 2.75) is 26.8 Å². The van der Waals surface area contributed by atoms with Gasteiger partial charge < -0.3 is 15.6 Å². The van der Waals surface area contributed by atoms with Crippen LogP contribution in [0, 0.1) is 11.7 Å². The average molecular weight is 505 g/mol. The summed E-state index contributed by atoms with van der Waals surface area (Å²) in [6, 6.07) is 18.1. The van der Waals surface area contributed by atoms with Gasteiger partial charge in [0.05, 0.1) is 17.9 Å². The molecule has 1 heterocycles. The van der Waals surface area contributed by atoms with Gasteiger partial charge in [0.2, 0.25) is 5.91 Å². The predicted molar refractivity (Wildman–Crippen MR) is 140 cm³/mol. The first-order valence-electron chi connectivity index (χ1n) is 11.5. The summed E-state index contributed by atoms with van der Waals surface area (Å²) in [5.74, 6) is -0.411. The zero-order chi connectivity index (χ0) is 25.8. The SMILES string of the molecule is CC(C)C(=O)Nc1cc(C(=O)N[C@H](C)c2ccc(F)cc2)cc(-c2cnc(-c3ccc(Cl)cc3)[nH]2)c1. The van der Waals surface area contributed by atoms with Crippen LogP contribution < -0.4 is 10.6 Å². The van der Waals surface area contributed by atoms with E-state index in [4.69, 9.17) is 11.6 Å². The molecule has 184 valence electrons. The van der Waals surface area contributed by atoms with Gasteiger partial charge in [-0.25, -0.2) is 9.37 Å². The molecule has 8 heteroatoms.